The van der Waals surface area contributed by atoms with Gasteiger partial charge in [0.15, 0.2) is 0 Å². The zero-order valence-electron chi connectivity index (χ0n) is 19.2. The summed E-state index contributed by atoms with van der Waals surface area (Å²) in [7, 11) is 0. The number of imide groups is 1. The quantitative estimate of drug-likeness (QED) is 0.329. The van der Waals surface area contributed by atoms with Crippen LogP contribution in [0.5, 0.6) is 5.75 Å². The fourth-order valence-corrected chi connectivity index (χ4v) is 4.09. The molecule has 0 saturated carbocycles. The molecule has 4 amide bonds. The molecule has 4 rings (SSSR count). The third-order valence-electron chi connectivity index (χ3n) is 5.35. The number of hydrogen-bond donors (Lipinski definition) is 2. The van der Waals surface area contributed by atoms with E-state index >= 15 is 0 Å². The van der Waals surface area contributed by atoms with Crippen molar-refractivity contribution in [3.05, 3.63) is 99.2 Å². The summed E-state index contributed by atoms with van der Waals surface area (Å²) in [6.07, 6.45) is 1.53. The second kappa shape index (κ2) is 10.9. The van der Waals surface area contributed by atoms with Gasteiger partial charge in [0.1, 0.15) is 24.6 Å². The van der Waals surface area contributed by atoms with Crippen LogP contribution >= 0.6 is 15.9 Å². The molecule has 8 nitrogen and oxygen atoms in total. The SMILES string of the molecule is Cc1cccc(NC(=O)CN2C(=O)N/C(=C/c3ccc(OCc4ccccc4C#N)c(Br)c3)C2=O)c1. The Labute approximate surface area is 216 Å². The van der Waals surface area contributed by atoms with Crippen LogP contribution in [0.3, 0.4) is 0 Å². The molecule has 3 aromatic rings. The van der Waals surface area contributed by atoms with E-state index in [9.17, 15) is 19.6 Å². The van der Waals surface area contributed by atoms with Crippen LogP contribution in [0, 0.1) is 18.3 Å². The van der Waals surface area contributed by atoms with Crippen molar-refractivity contribution in [1.29, 1.82) is 5.26 Å². The summed E-state index contributed by atoms with van der Waals surface area (Å²) in [6, 6.07) is 21.1. The van der Waals surface area contributed by atoms with Crippen molar-refractivity contribution in [1.82, 2.24) is 10.2 Å². The fraction of sp³-hybridized carbons (Fsp3) is 0.111. The topological polar surface area (TPSA) is 112 Å². The lowest BCUT2D eigenvalue weighted by Crippen LogP contribution is -2.38. The van der Waals surface area contributed by atoms with Gasteiger partial charge in [0.2, 0.25) is 5.91 Å². The molecule has 1 fully saturated rings. The van der Waals surface area contributed by atoms with E-state index in [1.54, 1.807) is 48.5 Å². The van der Waals surface area contributed by atoms with Gasteiger partial charge in [-0.25, -0.2) is 9.69 Å². The summed E-state index contributed by atoms with van der Waals surface area (Å²) < 4.78 is 6.47. The standard InChI is InChI=1S/C27H21BrN4O4/c1-17-5-4-8-21(11-17)30-25(33)15-32-26(34)23(31-27(32)35)13-18-9-10-24(22(28)12-18)36-16-20-7-3-2-6-19(20)14-29/h2-13H,15-16H2,1H3,(H,30,33)(H,31,35)/b23-13+. The van der Waals surface area contributed by atoms with Gasteiger partial charge in [0.25, 0.3) is 5.91 Å². The van der Waals surface area contributed by atoms with Gasteiger partial charge < -0.3 is 15.4 Å². The number of halogens is 1. The lowest BCUT2D eigenvalue weighted by atomic mass is 10.1. The summed E-state index contributed by atoms with van der Waals surface area (Å²) in [5.74, 6) is -0.516. The largest absolute Gasteiger partial charge is 0.488 e. The number of aryl methyl sites for hydroxylation is 1. The summed E-state index contributed by atoms with van der Waals surface area (Å²) >= 11 is 3.46. The van der Waals surface area contributed by atoms with Crippen LogP contribution in [0.4, 0.5) is 10.5 Å². The first-order chi connectivity index (χ1) is 17.3. The third-order valence-corrected chi connectivity index (χ3v) is 5.97. The monoisotopic (exact) mass is 544 g/mol. The maximum atomic E-state index is 12.8. The molecule has 0 radical (unpaired) electrons. The predicted molar refractivity (Wildman–Crippen MR) is 138 cm³/mol. The highest BCUT2D eigenvalue weighted by Crippen LogP contribution is 2.28. The number of ether oxygens (including phenoxy) is 1. The molecule has 3 aromatic carbocycles. The van der Waals surface area contributed by atoms with E-state index in [-0.39, 0.29) is 12.3 Å². The van der Waals surface area contributed by atoms with Gasteiger partial charge in [-0.1, -0.05) is 36.4 Å². The molecule has 0 atom stereocenters. The Hall–Kier alpha value is -4.42. The Morgan fingerprint density at radius 2 is 1.94 bits per heavy atom. The molecular formula is C27H21BrN4O4. The number of nitriles is 1. The second-order valence-corrected chi connectivity index (χ2v) is 8.90. The van der Waals surface area contributed by atoms with Crippen molar-refractivity contribution >= 4 is 45.5 Å². The maximum absolute atomic E-state index is 12.8. The molecule has 36 heavy (non-hydrogen) atoms. The van der Waals surface area contributed by atoms with Crippen molar-refractivity contribution in [2.45, 2.75) is 13.5 Å². The van der Waals surface area contributed by atoms with Crippen molar-refractivity contribution in [2.24, 2.45) is 0 Å². The van der Waals surface area contributed by atoms with Crippen molar-refractivity contribution < 1.29 is 19.1 Å². The number of carbonyl (C=O) groups excluding carboxylic acids is 3. The van der Waals surface area contributed by atoms with Gasteiger partial charge in [-0.2, -0.15) is 5.26 Å². The number of anilines is 1. The van der Waals surface area contributed by atoms with E-state index in [4.69, 9.17) is 4.74 Å². The normalized spacial score (nSPS) is 13.9. The van der Waals surface area contributed by atoms with E-state index < -0.39 is 24.4 Å². The van der Waals surface area contributed by atoms with E-state index in [0.717, 1.165) is 16.0 Å². The number of hydrogen-bond acceptors (Lipinski definition) is 5. The number of nitrogens with one attached hydrogen (secondary N) is 2. The molecule has 0 unspecified atom stereocenters. The highest BCUT2D eigenvalue weighted by Gasteiger charge is 2.35. The predicted octanol–water partition coefficient (Wildman–Crippen LogP) is 4.74. The molecule has 1 aliphatic heterocycles. The van der Waals surface area contributed by atoms with Crippen LogP contribution < -0.4 is 15.4 Å². The highest BCUT2D eigenvalue weighted by atomic mass is 79.9. The molecule has 0 aromatic heterocycles. The van der Waals surface area contributed by atoms with Gasteiger partial charge in [-0.3, -0.25) is 9.59 Å². The number of urea groups is 1. The second-order valence-electron chi connectivity index (χ2n) is 8.04. The molecule has 0 aliphatic carbocycles. The smallest absolute Gasteiger partial charge is 0.329 e. The Balaban J connectivity index is 1.41. The van der Waals surface area contributed by atoms with E-state index in [1.807, 2.05) is 25.1 Å². The zero-order chi connectivity index (χ0) is 25.7. The van der Waals surface area contributed by atoms with E-state index in [1.165, 1.54) is 6.08 Å². The van der Waals surface area contributed by atoms with Crippen LogP contribution in [0.25, 0.3) is 6.08 Å². The number of benzene rings is 3. The molecule has 180 valence electrons. The van der Waals surface area contributed by atoms with Gasteiger partial charge in [0.05, 0.1) is 16.1 Å². The number of amides is 4. The molecular weight excluding hydrogens is 524 g/mol. The van der Waals surface area contributed by atoms with Gasteiger partial charge in [0, 0.05) is 11.3 Å². The minimum Gasteiger partial charge on any atom is -0.488 e. The lowest BCUT2D eigenvalue weighted by molar-refractivity contribution is -0.127. The average Bonchev–Trinajstić information content (AvgIpc) is 3.11. The number of carbonyl (C=O) groups is 3. The van der Waals surface area contributed by atoms with Crippen LogP contribution in [-0.4, -0.2) is 29.3 Å². The van der Waals surface area contributed by atoms with Crippen molar-refractivity contribution in [2.75, 3.05) is 11.9 Å². The molecule has 0 spiro atoms. The van der Waals surface area contributed by atoms with Crippen LogP contribution in [-0.2, 0) is 16.2 Å². The molecule has 1 aliphatic rings. The molecule has 0 bridgehead atoms. The first-order valence-electron chi connectivity index (χ1n) is 11.0. The maximum Gasteiger partial charge on any atom is 0.329 e. The first kappa shape index (κ1) is 24.7. The first-order valence-corrected chi connectivity index (χ1v) is 11.7. The summed E-state index contributed by atoms with van der Waals surface area (Å²) in [5, 5.41) is 14.4. The Morgan fingerprint density at radius 3 is 2.69 bits per heavy atom. The van der Waals surface area contributed by atoms with E-state index in [2.05, 4.69) is 32.6 Å². The van der Waals surface area contributed by atoms with Crippen LogP contribution in [0.1, 0.15) is 22.3 Å². The molecule has 1 heterocycles. The lowest BCUT2D eigenvalue weighted by Gasteiger charge is -2.12. The fourth-order valence-electron chi connectivity index (χ4n) is 3.58. The molecule has 9 heteroatoms. The minimum atomic E-state index is -0.666. The van der Waals surface area contributed by atoms with Crippen molar-refractivity contribution in [3.63, 3.8) is 0 Å². The van der Waals surface area contributed by atoms with Crippen molar-refractivity contribution in [3.8, 4) is 11.8 Å². The average molecular weight is 545 g/mol. The van der Waals surface area contributed by atoms with Gasteiger partial charge in [-0.05, 0) is 70.4 Å². The summed E-state index contributed by atoms with van der Waals surface area (Å²) in [5.41, 5.74) is 3.58. The Bertz CT molecular complexity index is 1430. The minimum absolute atomic E-state index is 0.0619. The Morgan fingerprint density at radius 1 is 1.14 bits per heavy atom. The van der Waals surface area contributed by atoms with Gasteiger partial charge >= 0.3 is 6.03 Å². The van der Waals surface area contributed by atoms with Crippen LogP contribution in [0.15, 0.2) is 76.9 Å². The number of rotatable bonds is 7. The summed E-state index contributed by atoms with van der Waals surface area (Å²) in [6.45, 7) is 1.71. The molecule has 1 saturated heterocycles. The van der Waals surface area contributed by atoms with Gasteiger partial charge in [-0.15, -0.1) is 0 Å². The Kier molecular flexibility index (Phi) is 7.47. The third kappa shape index (κ3) is 5.79. The van der Waals surface area contributed by atoms with Crippen LogP contribution in [0.2, 0.25) is 0 Å². The number of nitrogens with zero attached hydrogens (tertiary/aromatic N) is 2. The zero-order valence-corrected chi connectivity index (χ0v) is 20.8. The highest BCUT2D eigenvalue weighted by molar-refractivity contribution is 9.10. The summed E-state index contributed by atoms with van der Waals surface area (Å²) in [4.78, 5) is 38.3. The molecule has 2 N–H and O–H groups in total. The van der Waals surface area contributed by atoms with E-state index in [0.29, 0.717) is 27.0 Å².